The van der Waals surface area contributed by atoms with Crippen LogP contribution in [0.25, 0.3) is 0 Å². The second-order valence-corrected chi connectivity index (χ2v) is 9.85. The number of ether oxygens (including phenoxy) is 2. The predicted octanol–water partition coefficient (Wildman–Crippen LogP) is 6.29. The van der Waals surface area contributed by atoms with Crippen molar-refractivity contribution < 1.29 is 9.47 Å². The van der Waals surface area contributed by atoms with Crippen LogP contribution in [-0.2, 0) is 5.41 Å². The largest absolute Gasteiger partial charge is 0.497 e. The summed E-state index contributed by atoms with van der Waals surface area (Å²) in [4.78, 5) is 0. The van der Waals surface area contributed by atoms with E-state index >= 15 is 0 Å². The summed E-state index contributed by atoms with van der Waals surface area (Å²) in [5.74, 6) is 2.73. The third kappa shape index (κ3) is 3.06. The van der Waals surface area contributed by atoms with E-state index in [-0.39, 0.29) is 5.41 Å². The normalized spacial score (nSPS) is 34.3. The molecule has 2 nitrogen and oxygen atoms in total. The molecule has 140 valence electrons. The molecule has 1 aromatic carbocycles. The van der Waals surface area contributed by atoms with Gasteiger partial charge in [-0.3, -0.25) is 0 Å². The van der Waals surface area contributed by atoms with Crippen molar-refractivity contribution in [1.29, 1.82) is 0 Å². The maximum atomic E-state index is 5.82. The Morgan fingerprint density at radius 1 is 0.960 bits per heavy atom. The third-order valence-electron chi connectivity index (χ3n) is 7.46. The Bertz CT molecular complexity index is 648. The third-order valence-corrected chi connectivity index (χ3v) is 7.46. The van der Waals surface area contributed by atoms with E-state index < -0.39 is 0 Å². The van der Waals surface area contributed by atoms with Crippen LogP contribution in [0.4, 0.5) is 0 Å². The van der Waals surface area contributed by atoms with Crippen molar-refractivity contribution in [1.82, 2.24) is 0 Å². The topological polar surface area (TPSA) is 18.5 Å². The first kappa shape index (κ1) is 18.6. The predicted molar refractivity (Wildman–Crippen MR) is 105 cm³/mol. The fourth-order valence-electron chi connectivity index (χ4n) is 6.62. The highest BCUT2D eigenvalue weighted by atomic mass is 16.5. The van der Waals surface area contributed by atoms with Crippen molar-refractivity contribution in [2.24, 2.45) is 16.7 Å². The van der Waals surface area contributed by atoms with E-state index in [2.05, 4.69) is 46.8 Å². The van der Waals surface area contributed by atoms with Gasteiger partial charge in [0.2, 0.25) is 0 Å². The first-order chi connectivity index (χ1) is 11.6. The van der Waals surface area contributed by atoms with Crippen molar-refractivity contribution >= 4 is 0 Å². The average Bonchev–Trinajstić information content (AvgIpc) is 2.52. The quantitative estimate of drug-likeness (QED) is 0.642. The fourth-order valence-corrected chi connectivity index (χ4v) is 6.62. The number of hydrogen-bond donors (Lipinski definition) is 0. The van der Waals surface area contributed by atoms with Crippen LogP contribution >= 0.6 is 0 Å². The van der Waals surface area contributed by atoms with Crippen LogP contribution in [0, 0.1) is 23.7 Å². The van der Waals surface area contributed by atoms with E-state index in [0.717, 1.165) is 17.4 Å². The average molecular weight is 345 g/mol. The van der Waals surface area contributed by atoms with Gasteiger partial charge < -0.3 is 9.47 Å². The van der Waals surface area contributed by atoms with Gasteiger partial charge in [-0.25, -0.2) is 0 Å². The van der Waals surface area contributed by atoms with Crippen LogP contribution in [0.15, 0.2) is 12.1 Å². The summed E-state index contributed by atoms with van der Waals surface area (Å²) >= 11 is 0. The lowest BCUT2D eigenvalue weighted by atomic mass is 9.47. The summed E-state index contributed by atoms with van der Waals surface area (Å²) < 4.78 is 11.3. The van der Waals surface area contributed by atoms with Crippen molar-refractivity contribution in [3.05, 3.63) is 23.3 Å². The van der Waals surface area contributed by atoms with E-state index in [4.69, 9.17) is 9.47 Å². The molecule has 25 heavy (non-hydrogen) atoms. The van der Waals surface area contributed by atoms with E-state index in [0.29, 0.717) is 10.8 Å². The second-order valence-electron chi connectivity index (χ2n) is 9.85. The minimum Gasteiger partial charge on any atom is -0.497 e. The smallest absolute Gasteiger partial charge is 0.126 e. The van der Waals surface area contributed by atoms with Crippen LogP contribution in [0.3, 0.4) is 0 Å². The van der Waals surface area contributed by atoms with E-state index in [9.17, 15) is 0 Å². The van der Waals surface area contributed by atoms with Crippen molar-refractivity contribution in [2.75, 3.05) is 14.2 Å². The van der Waals surface area contributed by atoms with Crippen LogP contribution in [0.5, 0.6) is 11.5 Å². The van der Waals surface area contributed by atoms with Crippen LogP contribution < -0.4 is 9.47 Å². The van der Waals surface area contributed by atoms with Gasteiger partial charge in [0.1, 0.15) is 11.5 Å². The Labute approximate surface area is 154 Å². The molecule has 0 unspecified atom stereocenters. The molecule has 0 aliphatic heterocycles. The molecule has 3 atom stereocenters. The molecular weight excluding hydrogens is 308 g/mol. The molecule has 0 bridgehead atoms. The second kappa shape index (κ2) is 6.21. The highest BCUT2D eigenvalue weighted by Gasteiger charge is 2.53. The zero-order chi connectivity index (χ0) is 18.5. The molecule has 2 heteroatoms. The number of benzene rings is 1. The Morgan fingerprint density at radius 2 is 1.68 bits per heavy atom. The van der Waals surface area contributed by atoms with Gasteiger partial charge in [-0.1, -0.05) is 34.1 Å². The molecule has 0 N–H and O–H groups in total. The van der Waals surface area contributed by atoms with Crippen LogP contribution in [0.2, 0.25) is 0 Å². The molecule has 1 aromatic rings. The van der Waals surface area contributed by atoms with Crippen molar-refractivity contribution in [3.8, 4) is 11.5 Å². The van der Waals surface area contributed by atoms with Crippen LogP contribution in [-0.4, -0.2) is 14.2 Å². The summed E-state index contributed by atoms with van der Waals surface area (Å²) in [6, 6.07) is 4.23. The number of rotatable bonds is 3. The van der Waals surface area contributed by atoms with Gasteiger partial charge >= 0.3 is 0 Å². The van der Waals surface area contributed by atoms with Gasteiger partial charge in [0.25, 0.3) is 0 Å². The minimum atomic E-state index is 0.181. The Balaban J connectivity index is 2.02. The number of fused-ring (bicyclic) bond motifs is 1. The first-order valence-corrected chi connectivity index (χ1v) is 9.88. The Morgan fingerprint density at radius 3 is 2.32 bits per heavy atom. The zero-order valence-corrected chi connectivity index (χ0v) is 17.3. The SMILES string of the molecule is COc1cc(C)c([C@@]2(C)CC[C@@H]3C(C)(C)CCC[C@@]3(C)C2)c(OC)c1. The molecule has 0 heterocycles. The molecule has 2 fully saturated rings. The fraction of sp³-hybridized carbons (Fsp3) is 0.739. The van der Waals surface area contributed by atoms with Crippen molar-refractivity contribution in [3.63, 3.8) is 0 Å². The highest BCUT2D eigenvalue weighted by molar-refractivity contribution is 5.50. The van der Waals surface area contributed by atoms with Crippen LogP contribution in [0.1, 0.15) is 77.3 Å². The van der Waals surface area contributed by atoms with Gasteiger partial charge in [-0.2, -0.15) is 0 Å². The van der Waals surface area contributed by atoms with Gasteiger partial charge in [-0.15, -0.1) is 0 Å². The lowest BCUT2D eigenvalue weighted by Crippen LogP contribution is -2.49. The number of aryl methyl sites for hydroxylation is 1. The van der Waals surface area contributed by atoms with Gasteiger partial charge in [0.15, 0.2) is 0 Å². The molecule has 2 aliphatic carbocycles. The van der Waals surface area contributed by atoms with Crippen molar-refractivity contribution in [2.45, 2.75) is 78.6 Å². The van der Waals surface area contributed by atoms with E-state index in [1.807, 2.05) is 0 Å². The standard InChI is InChI=1S/C23H36O2/c1-16-13-17(24-6)14-18(25-7)20(16)23(5)12-9-19-21(2,3)10-8-11-22(19,4)15-23/h13-14,19H,8-12,15H2,1-7H3/t19-,22+,23+/m1/s1. The summed E-state index contributed by atoms with van der Waals surface area (Å²) in [5.41, 5.74) is 3.80. The molecular formula is C23H36O2. The molecule has 0 amide bonds. The van der Waals surface area contributed by atoms with E-state index in [1.54, 1.807) is 14.2 Å². The maximum absolute atomic E-state index is 5.82. The summed E-state index contributed by atoms with van der Waals surface area (Å²) in [6.45, 7) is 12.2. The van der Waals surface area contributed by atoms with Gasteiger partial charge in [0.05, 0.1) is 14.2 Å². The molecule has 2 saturated carbocycles. The zero-order valence-electron chi connectivity index (χ0n) is 17.3. The minimum absolute atomic E-state index is 0.181. The lowest BCUT2D eigenvalue weighted by molar-refractivity contribution is -0.0558. The summed E-state index contributed by atoms with van der Waals surface area (Å²) in [5, 5.41) is 0. The number of methoxy groups -OCH3 is 2. The number of hydrogen-bond acceptors (Lipinski definition) is 2. The first-order valence-electron chi connectivity index (χ1n) is 9.88. The Kier molecular flexibility index (Phi) is 4.62. The maximum Gasteiger partial charge on any atom is 0.126 e. The Hall–Kier alpha value is -1.18. The molecule has 0 aromatic heterocycles. The van der Waals surface area contributed by atoms with E-state index in [1.165, 1.54) is 49.7 Å². The lowest BCUT2D eigenvalue weighted by Gasteiger charge is -2.58. The molecule has 3 rings (SSSR count). The van der Waals surface area contributed by atoms with Gasteiger partial charge in [-0.05, 0) is 72.8 Å². The molecule has 0 saturated heterocycles. The van der Waals surface area contributed by atoms with Gasteiger partial charge in [0, 0.05) is 11.6 Å². The summed E-state index contributed by atoms with van der Waals surface area (Å²) in [7, 11) is 3.52. The highest BCUT2D eigenvalue weighted by Crippen LogP contribution is 2.62. The molecule has 0 spiro atoms. The monoisotopic (exact) mass is 344 g/mol. The molecule has 2 aliphatic rings. The molecule has 0 radical (unpaired) electrons. The summed E-state index contributed by atoms with van der Waals surface area (Å²) in [6.07, 6.45) is 7.96.